The molecule has 726 valence electrons. The van der Waals surface area contributed by atoms with Crippen LogP contribution in [0.1, 0.15) is 213 Å². The van der Waals surface area contributed by atoms with E-state index in [-0.39, 0.29) is 137 Å². The van der Waals surface area contributed by atoms with Crippen molar-refractivity contribution in [2.75, 3.05) is 0 Å². The number of hydrogen-bond acceptors (Lipinski definition) is 14. The standard InChI is InChI=1S/C26H35BO5Si.C26H33FO3Si.C26H33IO3Si.C16H19ClSi.C10H15IO3.C3H7.CH4.2ClH.Li.Mg/c1-7-20-21(27(28)29)23(24-22(20)30-26(5,6)31-24)32-33(25(2,3)4,18-14-10-8-11-15-18)19-16-12-9-13-17-19;2*1-7-20-21(27)23(24-22(20)28-26(5,6)29-24)30-31(25(2,3)4,18-14-10-8-11-15-18)19-16-12-9-13-17-19;1-16(2,3)18(17,14-10-6-4-7-11-14)15-12-8-5-9-13-15;1-4-5-6(11)7(12)9-8(5)13-10(2,3)14-9;1-3-2;;;;;/h8-17,22-24,28-29H,7H2,1-6H3;2*8-17,22-24H,7H2,1-6H3;4-13H,1-3H3;7-9,12H,4H2,1-3H3;3H,1-2H3;1H4;2*1H;;/q;;;;;-1;;;;+1;+2/p-2/t3*22-,23+,24-;;7-,8+,9-;;;;;;/m111.0....../s1. The van der Waals surface area contributed by atoms with Crippen LogP contribution < -0.4 is 85.2 Å². The number of halogens is 6. The molecule has 0 unspecified atom stereocenters. The molecule has 0 aromatic heterocycles. The zero-order chi connectivity index (χ0) is 95.3. The topological polar surface area (TPSA) is 162 Å². The first-order chi connectivity index (χ1) is 61.1. The SMILES string of the molecule is C.CC(C)(C)[Si](Cl)(c1ccccc1)c1ccccc1.CCC1=C(B(O)O)[C@H](O[Si](c2ccccc2)(c2ccccc2)C(C)(C)C)[C@@H]2OC(C)(C)O[C@H]12.CCC1=C(F)[C@H](O[Si](c2ccccc2)(c2ccccc2)C(C)(C)C)[C@@H]2OC(C)(C)O[C@H]12.CCC1=C(I)[C@H](O)[C@@H]2OC(C)(C)O[C@H]12.CCC1=C(I)[C@H](O[Si](c2ccccc2)(c2ccccc2)C(C)(C)C)[C@@H]2OC(C)(C)O[C@H]12.C[CH-]C.[Cl-].[Cl-].[Li+].[Mg+2]. The third-order valence-corrected chi connectivity index (χ3v) is 50.8. The van der Waals surface area contributed by atoms with E-state index in [9.17, 15) is 15.2 Å². The van der Waals surface area contributed by atoms with Crippen molar-refractivity contribution in [1.82, 2.24) is 0 Å². The maximum Gasteiger partial charge on any atom is 2.00 e. The van der Waals surface area contributed by atoms with E-state index in [0.29, 0.717) is 23.9 Å². The van der Waals surface area contributed by atoms with E-state index >= 15 is 4.39 Å². The van der Waals surface area contributed by atoms with E-state index in [0.717, 1.165) is 42.7 Å². The molecule has 8 aromatic rings. The molecule has 8 aliphatic rings. The van der Waals surface area contributed by atoms with Crippen LogP contribution in [0.5, 0.6) is 0 Å². The summed E-state index contributed by atoms with van der Waals surface area (Å²) in [5.41, 5.74) is 4.52. The molecule has 4 aliphatic heterocycles. The zero-order valence-electron chi connectivity index (χ0n) is 83.8. The van der Waals surface area contributed by atoms with E-state index in [1.54, 1.807) is 0 Å². The first-order valence-electron chi connectivity index (χ1n) is 46.3. The number of ether oxygens (including phenoxy) is 8. The molecule has 0 bridgehead atoms. The molecule has 0 radical (unpaired) electrons. The van der Waals surface area contributed by atoms with E-state index in [2.05, 4.69) is 300 Å². The normalized spacial score (nSPS) is 23.9. The van der Waals surface area contributed by atoms with Gasteiger partial charge in [-0.3, -0.25) is 0 Å². The molecule has 4 saturated heterocycles. The van der Waals surface area contributed by atoms with Crippen molar-refractivity contribution in [3.05, 3.63) is 290 Å². The van der Waals surface area contributed by atoms with Gasteiger partial charge in [0.05, 0.1) is 6.10 Å². The molecule has 12 atom stereocenters. The maximum atomic E-state index is 15.8. The summed E-state index contributed by atoms with van der Waals surface area (Å²) < 4.78 is 89.0. The van der Waals surface area contributed by atoms with Gasteiger partial charge in [0.25, 0.3) is 25.0 Å². The van der Waals surface area contributed by atoms with E-state index in [4.69, 9.17) is 62.3 Å². The van der Waals surface area contributed by atoms with Gasteiger partial charge in [-0.2, -0.15) is 24.9 Å². The van der Waals surface area contributed by atoms with Crippen LogP contribution in [0.2, 0.25) is 20.2 Å². The fraction of sp³-hybridized carbons (Fsp3) is 0.472. The Kier molecular flexibility index (Phi) is 43.8. The van der Waals surface area contributed by atoms with Gasteiger partial charge in [0.1, 0.15) is 73.0 Å². The monoisotopic (exact) mass is 2200 g/mol. The van der Waals surface area contributed by atoms with Crippen LogP contribution in [-0.4, -0.2) is 174 Å². The Labute approximate surface area is 885 Å². The first kappa shape index (κ1) is 120. The van der Waals surface area contributed by atoms with Gasteiger partial charge in [-0.1, -0.05) is 361 Å². The van der Waals surface area contributed by atoms with E-state index < -0.39 is 99.2 Å². The summed E-state index contributed by atoms with van der Waals surface area (Å²) in [4.78, 5) is 0. The second-order valence-corrected chi connectivity index (χ2v) is 61.5. The second-order valence-electron chi connectivity index (χ2n) is 40.7. The van der Waals surface area contributed by atoms with Crippen LogP contribution in [0.4, 0.5) is 4.39 Å². The molecule has 4 aliphatic carbocycles. The van der Waals surface area contributed by atoms with E-state index in [1.165, 1.54) is 35.5 Å². The molecular formula is C108H146BCl3FI2LiMgO14Si4. The fourth-order valence-corrected chi connectivity index (χ4v) is 40.8. The molecule has 16 rings (SSSR count). The molecule has 4 fully saturated rings. The van der Waals surface area contributed by atoms with Gasteiger partial charge in [0.15, 0.2) is 23.1 Å². The summed E-state index contributed by atoms with van der Waals surface area (Å²) in [6, 6.07) is 84.0. The van der Waals surface area contributed by atoms with Crippen molar-refractivity contribution in [3.63, 3.8) is 0 Å². The summed E-state index contributed by atoms with van der Waals surface area (Å²) in [6.45, 7) is 54.5. The van der Waals surface area contributed by atoms with Crippen LogP contribution in [-0.2, 0) is 51.2 Å². The molecule has 0 amide bonds. The van der Waals surface area contributed by atoms with Crippen molar-refractivity contribution in [1.29, 1.82) is 0 Å². The van der Waals surface area contributed by atoms with Crippen molar-refractivity contribution >= 4 is 160 Å². The van der Waals surface area contributed by atoms with Crippen molar-refractivity contribution in [3.8, 4) is 0 Å². The molecule has 0 spiro atoms. The number of aliphatic hydroxyl groups is 1. The number of benzene rings is 8. The minimum Gasteiger partial charge on any atom is -1.00 e. The molecule has 4 heterocycles. The third kappa shape index (κ3) is 25.4. The molecule has 135 heavy (non-hydrogen) atoms. The predicted molar refractivity (Wildman–Crippen MR) is 569 cm³/mol. The largest absolute Gasteiger partial charge is 2.00 e. The van der Waals surface area contributed by atoms with Crippen LogP contribution in [0.25, 0.3) is 0 Å². The Morgan fingerprint density at radius 3 is 0.837 bits per heavy atom. The van der Waals surface area contributed by atoms with Gasteiger partial charge in [-0.15, -0.1) is 0 Å². The minimum absolute atomic E-state index is 0. The Bertz CT molecular complexity index is 4860. The Balaban J connectivity index is 0.000000262. The number of fused-ring (bicyclic) bond motifs is 4. The summed E-state index contributed by atoms with van der Waals surface area (Å²) in [5.74, 6) is -2.91. The fourth-order valence-electron chi connectivity index (χ4n) is 20.3. The zero-order valence-corrected chi connectivity index (χ0v) is 95.8. The molecule has 3 N–H and O–H groups in total. The van der Waals surface area contributed by atoms with Gasteiger partial charge < -0.3 is 97.6 Å². The summed E-state index contributed by atoms with van der Waals surface area (Å²) in [5, 5.41) is 40.0. The number of rotatable bonds is 19. The van der Waals surface area contributed by atoms with Gasteiger partial charge in [-0.05, 0) is 216 Å². The van der Waals surface area contributed by atoms with Crippen LogP contribution in [0, 0.1) is 6.42 Å². The Hall–Kier alpha value is -3.28. The number of aliphatic hydroxyl groups excluding tert-OH is 1. The molecule has 27 heteroatoms. The van der Waals surface area contributed by atoms with Crippen molar-refractivity contribution in [2.45, 2.75) is 330 Å². The van der Waals surface area contributed by atoms with Crippen molar-refractivity contribution < 1.29 is 114 Å². The molecule has 14 nitrogen and oxygen atoms in total. The first-order valence-corrected chi connectivity index (χ1v) is 57.2. The predicted octanol–water partition coefficient (Wildman–Crippen LogP) is 12.1. The number of hydrogen-bond donors (Lipinski definition) is 3. The molecule has 0 saturated carbocycles. The maximum absolute atomic E-state index is 15.8. The summed E-state index contributed by atoms with van der Waals surface area (Å²) >= 11 is 11.9. The van der Waals surface area contributed by atoms with Gasteiger partial charge in [0.2, 0.25) is 7.38 Å². The summed E-state index contributed by atoms with van der Waals surface area (Å²) in [7, 11) is -12.4. The van der Waals surface area contributed by atoms with Gasteiger partial charge in [0, 0.05) is 7.16 Å². The van der Waals surface area contributed by atoms with Gasteiger partial charge >= 0.3 is 49.0 Å². The van der Waals surface area contributed by atoms with Gasteiger partial charge in [-0.25, -0.2) is 4.39 Å². The minimum atomic E-state index is -2.94. The molecule has 8 aromatic carbocycles. The van der Waals surface area contributed by atoms with Crippen LogP contribution >= 0.6 is 56.3 Å². The summed E-state index contributed by atoms with van der Waals surface area (Å²) in [6.07, 6.45) is 0.957. The average Bonchev–Trinajstić information content (AvgIpc) is 1.60. The van der Waals surface area contributed by atoms with E-state index in [1.807, 2.05) is 174 Å². The quantitative estimate of drug-likeness (QED) is 0.0303. The average molecular weight is 2200 g/mol. The Morgan fingerprint density at radius 2 is 0.578 bits per heavy atom. The van der Waals surface area contributed by atoms with Crippen molar-refractivity contribution in [2.24, 2.45) is 0 Å². The second kappa shape index (κ2) is 49.1. The third-order valence-electron chi connectivity index (χ3n) is 25.8. The smallest absolute Gasteiger partial charge is 1.00 e. The van der Waals surface area contributed by atoms with Crippen LogP contribution in [0.3, 0.4) is 0 Å². The van der Waals surface area contributed by atoms with Crippen LogP contribution in [0.15, 0.2) is 283 Å². The Morgan fingerprint density at radius 1 is 0.363 bits per heavy atom. The molecular weight excluding hydrogens is 2050 g/mol.